The van der Waals surface area contributed by atoms with Crippen LogP contribution in [0.2, 0.25) is 0 Å². The summed E-state index contributed by atoms with van der Waals surface area (Å²) in [5.41, 5.74) is 7.98. The van der Waals surface area contributed by atoms with E-state index in [9.17, 15) is 4.79 Å². The number of carbonyl (C=O) groups excluding carboxylic acids is 1. The van der Waals surface area contributed by atoms with Crippen LogP contribution in [0.25, 0.3) is 0 Å². The van der Waals surface area contributed by atoms with Crippen molar-refractivity contribution in [1.29, 1.82) is 0 Å². The van der Waals surface area contributed by atoms with E-state index in [1.807, 2.05) is 20.8 Å². The van der Waals surface area contributed by atoms with Crippen LogP contribution in [0.15, 0.2) is 18.2 Å². The van der Waals surface area contributed by atoms with E-state index >= 15 is 0 Å². The molecule has 0 saturated carbocycles. The molecular formula is C11H17NO. The summed E-state index contributed by atoms with van der Waals surface area (Å²) < 4.78 is 0. The Hall–Kier alpha value is -1.31. The zero-order chi connectivity index (χ0) is 10.4. The van der Waals surface area contributed by atoms with Gasteiger partial charge in [-0.3, -0.25) is 4.79 Å². The van der Waals surface area contributed by atoms with Crippen molar-refractivity contribution in [2.75, 3.05) is 5.73 Å². The lowest BCUT2D eigenvalue weighted by Gasteiger charge is -2.00. The molecule has 2 heteroatoms. The Morgan fingerprint density at radius 2 is 1.85 bits per heavy atom. The standard InChI is InChI=1S/C9H11NO.C2H6/c1-6-5-8(7(2)11)3-4-9(6)10;1-2/h3-5H,10H2,1-2H3;1-2H3. The van der Waals surface area contributed by atoms with Gasteiger partial charge in [-0.05, 0) is 37.6 Å². The number of Topliss-reactive ketones (excluding diaryl/α,β-unsaturated/α-hetero) is 1. The molecule has 0 atom stereocenters. The second kappa shape index (κ2) is 5.36. The van der Waals surface area contributed by atoms with Crippen molar-refractivity contribution in [1.82, 2.24) is 0 Å². The van der Waals surface area contributed by atoms with Gasteiger partial charge in [0.1, 0.15) is 0 Å². The summed E-state index contributed by atoms with van der Waals surface area (Å²) in [7, 11) is 0. The second-order valence-electron chi connectivity index (χ2n) is 2.63. The maximum atomic E-state index is 10.9. The van der Waals surface area contributed by atoms with Crippen molar-refractivity contribution in [3.63, 3.8) is 0 Å². The van der Waals surface area contributed by atoms with E-state index < -0.39 is 0 Å². The Bertz CT molecular complexity index is 292. The molecule has 2 nitrogen and oxygen atoms in total. The minimum absolute atomic E-state index is 0.0769. The maximum absolute atomic E-state index is 10.9. The number of anilines is 1. The van der Waals surface area contributed by atoms with Gasteiger partial charge in [-0.1, -0.05) is 13.8 Å². The zero-order valence-corrected chi connectivity index (χ0v) is 8.72. The number of nitrogens with two attached hydrogens (primary N) is 1. The molecule has 1 aromatic rings. The summed E-state index contributed by atoms with van der Waals surface area (Å²) in [5.74, 6) is 0.0769. The van der Waals surface area contributed by atoms with Gasteiger partial charge in [0.25, 0.3) is 0 Å². The minimum atomic E-state index is 0.0769. The molecule has 1 aromatic carbocycles. The minimum Gasteiger partial charge on any atom is -0.399 e. The molecule has 0 aliphatic rings. The molecule has 0 aliphatic heterocycles. The normalized spacial score (nSPS) is 8.62. The highest BCUT2D eigenvalue weighted by atomic mass is 16.1. The van der Waals surface area contributed by atoms with Crippen molar-refractivity contribution in [2.45, 2.75) is 27.7 Å². The lowest BCUT2D eigenvalue weighted by molar-refractivity contribution is 0.101. The van der Waals surface area contributed by atoms with Crippen LogP contribution in [0.1, 0.15) is 36.7 Å². The van der Waals surface area contributed by atoms with Crippen LogP contribution >= 0.6 is 0 Å². The highest BCUT2D eigenvalue weighted by Gasteiger charge is 1.99. The first-order chi connectivity index (χ1) is 6.11. The number of nitrogen functional groups attached to an aromatic ring is 1. The third-order valence-electron chi connectivity index (χ3n) is 1.68. The van der Waals surface area contributed by atoms with Crippen LogP contribution in [0.4, 0.5) is 5.69 Å². The van der Waals surface area contributed by atoms with Gasteiger partial charge in [0.15, 0.2) is 5.78 Å². The molecular weight excluding hydrogens is 162 g/mol. The first-order valence-corrected chi connectivity index (χ1v) is 4.48. The van der Waals surface area contributed by atoms with Gasteiger partial charge < -0.3 is 5.73 Å². The predicted octanol–water partition coefficient (Wildman–Crippen LogP) is 2.81. The monoisotopic (exact) mass is 179 g/mol. The highest BCUT2D eigenvalue weighted by molar-refractivity contribution is 5.94. The Morgan fingerprint density at radius 3 is 2.23 bits per heavy atom. The molecule has 0 spiro atoms. The van der Waals surface area contributed by atoms with Crippen molar-refractivity contribution in [3.8, 4) is 0 Å². The molecule has 0 saturated heterocycles. The third kappa shape index (κ3) is 3.28. The van der Waals surface area contributed by atoms with E-state index in [2.05, 4.69) is 0 Å². The van der Waals surface area contributed by atoms with Gasteiger partial charge in [-0.2, -0.15) is 0 Å². The van der Waals surface area contributed by atoms with Crippen molar-refractivity contribution < 1.29 is 4.79 Å². The molecule has 0 unspecified atom stereocenters. The molecule has 0 aromatic heterocycles. The van der Waals surface area contributed by atoms with Gasteiger partial charge in [-0.25, -0.2) is 0 Å². The molecule has 1 rings (SSSR count). The summed E-state index contributed by atoms with van der Waals surface area (Å²) >= 11 is 0. The summed E-state index contributed by atoms with van der Waals surface area (Å²) in [6.07, 6.45) is 0. The highest BCUT2D eigenvalue weighted by Crippen LogP contribution is 2.12. The number of carbonyl (C=O) groups is 1. The van der Waals surface area contributed by atoms with Gasteiger partial charge in [0.05, 0.1) is 0 Å². The number of benzene rings is 1. The molecule has 0 heterocycles. The van der Waals surface area contributed by atoms with Gasteiger partial charge >= 0.3 is 0 Å². The largest absolute Gasteiger partial charge is 0.399 e. The molecule has 0 radical (unpaired) electrons. The van der Waals surface area contributed by atoms with Crippen LogP contribution < -0.4 is 5.73 Å². The van der Waals surface area contributed by atoms with E-state index in [0.717, 1.165) is 16.8 Å². The fraction of sp³-hybridized carbons (Fsp3) is 0.364. The lowest BCUT2D eigenvalue weighted by atomic mass is 10.1. The summed E-state index contributed by atoms with van der Waals surface area (Å²) in [4.78, 5) is 10.9. The Morgan fingerprint density at radius 1 is 1.31 bits per heavy atom. The number of ketones is 1. The average Bonchev–Trinajstić information content (AvgIpc) is 2.13. The van der Waals surface area contributed by atoms with Gasteiger partial charge in [-0.15, -0.1) is 0 Å². The van der Waals surface area contributed by atoms with E-state index in [0.29, 0.717) is 0 Å². The molecule has 72 valence electrons. The zero-order valence-electron chi connectivity index (χ0n) is 8.72. The summed E-state index contributed by atoms with van der Waals surface area (Å²) in [5, 5.41) is 0. The first kappa shape index (κ1) is 11.7. The molecule has 0 aliphatic carbocycles. The Labute approximate surface area is 79.8 Å². The van der Waals surface area contributed by atoms with Gasteiger partial charge in [0, 0.05) is 11.3 Å². The quantitative estimate of drug-likeness (QED) is 0.532. The number of hydrogen-bond acceptors (Lipinski definition) is 2. The van der Waals surface area contributed by atoms with E-state index in [4.69, 9.17) is 5.73 Å². The first-order valence-electron chi connectivity index (χ1n) is 4.48. The number of rotatable bonds is 1. The van der Waals surface area contributed by atoms with Crippen LogP contribution in [0.3, 0.4) is 0 Å². The summed E-state index contributed by atoms with van der Waals surface area (Å²) in [6, 6.07) is 5.30. The van der Waals surface area contributed by atoms with Gasteiger partial charge in [0.2, 0.25) is 0 Å². The Balaban J connectivity index is 0.000000671. The van der Waals surface area contributed by atoms with E-state index in [-0.39, 0.29) is 5.78 Å². The average molecular weight is 179 g/mol. The summed E-state index contributed by atoms with van der Waals surface area (Å²) in [6.45, 7) is 7.44. The van der Waals surface area contributed by atoms with E-state index in [1.54, 1.807) is 25.1 Å². The SMILES string of the molecule is CC.CC(=O)c1ccc(N)c(C)c1. The molecule has 0 fully saturated rings. The fourth-order valence-electron chi connectivity index (χ4n) is 0.895. The molecule has 0 amide bonds. The van der Waals surface area contributed by atoms with Crippen LogP contribution in [0.5, 0.6) is 0 Å². The smallest absolute Gasteiger partial charge is 0.159 e. The van der Waals surface area contributed by atoms with Crippen LogP contribution in [0, 0.1) is 6.92 Å². The van der Waals surface area contributed by atoms with Crippen molar-refractivity contribution in [2.24, 2.45) is 0 Å². The van der Waals surface area contributed by atoms with Crippen LogP contribution in [-0.4, -0.2) is 5.78 Å². The topological polar surface area (TPSA) is 43.1 Å². The fourth-order valence-corrected chi connectivity index (χ4v) is 0.895. The van der Waals surface area contributed by atoms with Crippen molar-refractivity contribution >= 4 is 11.5 Å². The van der Waals surface area contributed by atoms with Crippen molar-refractivity contribution in [3.05, 3.63) is 29.3 Å². The predicted molar refractivity (Wildman–Crippen MR) is 56.9 cm³/mol. The van der Waals surface area contributed by atoms with Crippen LogP contribution in [-0.2, 0) is 0 Å². The Kier molecular flexibility index (Phi) is 4.82. The second-order valence-corrected chi connectivity index (χ2v) is 2.63. The number of aryl methyl sites for hydroxylation is 1. The molecule has 13 heavy (non-hydrogen) atoms. The maximum Gasteiger partial charge on any atom is 0.159 e. The molecule has 0 bridgehead atoms. The number of hydrogen-bond donors (Lipinski definition) is 1. The van der Waals surface area contributed by atoms with E-state index in [1.165, 1.54) is 0 Å². The molecule has 2 N–H and O–H groups in total. The lowest BCUT2D eigenvalue weighted by Crippen LogP contribution is -1.95. The third-order valence-corrected chi connectivity index (χ3v) is 1.68.